The molecule has 4 rings (SSSR count). The van der Waals surface area contributed by atoms with Crippen molar-refractivity contribution in [1.29, 1.82) is 15.8 Å². The molecular formula is C26H20FN5O2. The van der Waals surface area contributed by atoms with E-state index >= 15 is 0 Å². The Morgan fingerprint density at radius 1 is 1.15 bits per heavy atom. The minimum absolute atomic E-state index is 0.0235. The molecule has 0 radical (unpaired) electrons. The SMILES string of the molecule is N#CC1=C(N)C(C#N)(C#N)C2=CCN(C(=O)OCc3ccccc3)C[C@H]2[C@H]1c1cccc(F)c1. The van der Waals surface area contributed by atoms with E-state index in [0.717, 1.165) is 5.56 Å². The zero-order valence-corrected chi connectivity index (χ0v) is 18.1. The van der Waals surface area contributed by atoms with Crippen molar-refractivity contribution in [1.82, 2.24) is 4.90 Å². The summed E-state index contributed by atoms with van der Waals surface area (Å²) in [6, 6.07) is 21.0. The first-order chi connectivity index (χ1) is 16.4. The molecule has 1 amide bonds. The van der Waals surface area contributed by atoms with Gasteiger partial charge in [-0.15, -0.1) is 0 Å². The largest absolute Gasteiger partial charge is 0.445 e. The standard InChI is InChI=1S/C26H20FN5O2/c27-19-8-4-7-18(11-19)23-20(12-28)24(31)26(15-29,16-30)22-9-10-32(13-21(22)23)25(33)34-14-17-5-2-1-3-6-17/h1-9,11,21,23H,10,13-14,31H2/t21-,23+/m1/s1. The first-order valence-corrected chi connectivity index (χ1v) is 10.6. The van der Waals surface area contributed by atoms with E-state index in [1.54, 1.807) is 12.1 Å². The summed E-state index contributed by atoms with van der Waals surface area (Å²) in [7, 11) is 0. The highest BCUT2D eigenvalue weighted by molar-refractivity contribution is 5.69. The second-order valence-electron chi connectivity index (χ2n) is 8.16. The molecule has 2 aliphatic rings. The Balaban J connectivity index is 1.73. The third kappa shape index (κ3) is 3.74. The van der Waals surface area contributed by atoms with Crippen molar-refractivity contribution in [3.8, 4) is 18.2 Å². The molecule has 2 aromatic carbocycles. The van der Waals surface area contributed by atoms with E-state index in [4.69, 9.17) is 10.5 Å². The van der Waals surface area contributed by atoms with Crippen LogP contribution in [0.4, 0.5) is 9.18 Å². The summed E-state index contributed by atoms with van der Waals surface area (Å²) in [4.78, 5) is 14.3. The van der Waals surface area contributed by atoms with Gasteiger partial charge in [-0.3, -0.25) is 0 Å². The fourth-order valence-electron chi connectivity index (χ4n) is 4.68. The number of carbonyl (C=O) groups is 1. The van der Waals surface area contributed by atoms with Gasteiger partial charge in [-0.05, 0) is 28.8 Å². The van der Waals surface area contributed by atoms with Crippen LogP contribution in [0.15, 0.2) is 77.5 Å². The lowest BCUT2D eigenvalue weighted by molar-refractivity contribution is 0.0913. The molecule has 2 N–H and O–H groups in total. The van der Waals surface area contributed by atoms with Crippen molar-refractivity contribution in [3.05, 3.63) is 94.5 Å². The van der Waals surface area contributed by atoms with Crippen LogP contribution < -0.4 is 5.73 Å². The molecule has 2 aromatic rings. The molecule has 1 aliphatic heterocycles. The van der Waals surface area contributed by atoms with Crippen LogP contribution in [0.5, 0.6) is 0 Å². The van der Waals surface area contributed by atoms with Gasteiger partial charge in [0.1, 0.15) is 12.4 Å². The Labute approximate surface area is 196 Å². The third-order valence-electron chi connectivity index (χ3n) is 6.32. The van der Waals surface area contributed by atoms with Gasteiger partial charge in [-0.1, -0.05) is 48.5 Å². The Hall–Kier alpha value is -4.61. The zero-order valence-electron chi connectivity index (χ0n) is 18.1. The Bertz CT molecular complexity index is 1300. The number of nitrogens with zero attached hydrogens (tertiary/aromatic N) is 4. The molecule has 34 heavy (non-hydrogen) atoms. The van der Waals surface area contributed by atoms with Crippen molar-refractivity contribution < 1.29 is 13.9 Å². The van der Waals surface area contributed by atoms with Gasteiger partial charge in [-0.25, -0.2) is 9.18 Å². The number of carbonyl (C=O) groups excluding carboxylic acids is 1. The average Bonchev–Trinajstić information content (AvgIpc) is 2.87. The number of amides is 1. The third-order valence-corrected chi connectivity index (χ3v) is 6.32. The molecule has 1 aliphatic carbocycles. The number of halogens is 1. The number of nitriles is 3. The van der Waals surface area contributed by atoms with Gasteiger partial charge < -0.3 is 15.4 Å². The second kappa shape index (κ2) is 9.10. The maximum Gasteiger partial charge on any atom is 0.410 e. The lowest BCUT2D eigenvalue weighted by atomic mass is 9.60. The molecule has 1 heterocycles. The Morgan fingerprint density at radius 2 is 1.88 bits per heavy atom. The molecular weight excluding hydrogens is 433 g/mol. The number of hydrogen-bond acceptors (Lipinski definition) is 6. The first kappa shape index (κ1) is 22.6. The fraction of sp³-hybridized carbons (Fsp3) is 0.231. The topological polar surface area (TPSA) is 127 Å². The van der Waals surface area contributed by atoms with Crippen LogP contribution in [0.25, 0.3) is 0 Å². The number of hydrogen-bond donors (Lipinski definition) is 1. The molecule has 0 spiro atoms. The van der Waals surface area contributed by atoms with Crippen molar-refractivity contribution >= 4 is 6.09 Å². The van der Waals surface area contributed by atoms with Crippen LogP contribution in [0.1, 0.15) is 17.0 Å². The maximum atomic E-state index is 14.1. The maximum absolute atomic E-state index is 14.1. The van der Waals surface area contributed by atoms with Gasteiger partial charge in [-0.2, -0.15) is 15.8 Å². The number of nitrogens with two attached hydrogens (primary N) is 1. The number of benzene rings is 2. The molecule has 0 fully saturated rings. The quantitative estimate of drug-likeness (QED) is 0.703. The summed E-state index contributed by atoms with van der Waals surface area (Å²) < 4.78 is 19.5. The van der Waals surface area contributed by atoms with Crippen LogP contribution in [0.2, 0.25) is 0 Å². The average molecular weight is 453 g/mol. The normalized spacial score (nSPS) is 20.8. The zero-order chi connectivity index (χ0) is 24.3. The van der Waals surface area contributed by atoms with Crippen molar-refractivity contribution in [2.24, 2.45) is 17.1 Å². The van der Waals surface area contributed by atoms with E-state index in [9.17, 15) is 25.0 Å². The Kier molecular flexibility index (Phi) is 6.04. The van der Waals surface area contributed by atoms with Crippen LogP contribution >= 0.6 is 0 Å². The molecule has 7 nitrogen and oxygen atoms in total. The predicted molar refractivity (Wildman–Crippen MR) is 119 cm³/mol. The van der Waals surface area contributed by atoms with Gasteiger partial charge in [0.05, 0.1) is 29.5 Å². The van der Waals surface area contributed by atoms with Crippen molar-refractivity contribution in [2.75, 3.05) is 13.1 Å². The lowest BCUT2D eigenvalue weighted by Crippen LogP contribution is -2.48. The van der Waals surface area contributed by atoms with Crippen LogP contribution in [-0.2, 0) is 11.3 Å². The lowest BCUT2D eigenvalue weighted by Gasteiger charge is -2.44. The summed E-state index contributed by atoms with van der Waals surface area (Å²) in [6.45, 7) is 0.265. The summed E-state index contributed by atoms with van der Waals surface area (Å²) in [5.41, 5.74) is 5.99. The molecule has 168 valence electrons. The summed E-state index contributed by atoms with van der Waals surface area (Å²) in [5.74, 6) is -1.86. The molecule has 0 unspecified atom stereocenters. The van der Waals surface area contributed by atoms with E-state index in [2.05, 4.69) is 0 Å². The van der Waals surface area contributed by atoms with Crippen LogP contribution in [-0.4, -0.2) is 24.1 Å². The first-order valence-electron chi connectivity index (χ1n) is 10.6. The molecule has 0 saturated heterocycles. The van der Waals surface area contributed by atoms with Crippen LogP contribution in [0.3, 0.4) is 0 Å². The monoisotopic (exact) mass is 453 g/mol. The summed E-state index contributed by atoms with van der Waals surface area (Å²) in [6.07, 6.45) is 1.05. The van der Waals surface area contributed by atoms with Gasteiger partial charge in [0.2, 0.25) is 5.41 Å². The molecule has 0 aromatic heterocycles. The van der Waals surface area contributed by atoms with Gasteiger partial charge in [0.15, 0.2) is 0 Å². The van der Waals surface area contributed by atoms with E-state index in [-0.39, 0.29) is 31.0 Å². The van der Waals surface area contributed by atoms with Gasteiger partial charge >= 0.3 is 6.09 Å². The highest BCUT2D eigenvalue weighted by Gasteiger charge is 2.53. The summed E-state index contributed by atoms with van der Waals surface area (Å²) in [5, 5.41) is 29.8. The highest BCUT2D eigenvalue weighted by Crippen LogP contribution is 2.52. The van der Waals surface area contributed by atoms with Crippen LogP contribution in [0, 0.1) is 51.1 Å². The van der Waals surface area contributed by atoms with Crippen molar-refractivity contribution in [2.45, 2.75) is 12.5 Å². The summed E-state index contributed by atoms with van der Waals surface area (Å²) >= 11 is 0. The number of fused-ring (bicyclic) bond motifs is 1. The minimum Gasteiger partial charge on any atom is -0.445 e. The number of rotatable bonds is 3. The van der Waals surface area contributed by atoms with Gasteiger partial charge in [0, 0.05) is 24.9 Å². The second-order valence-corrected chi connectivity index (χ2v) is 8.16. The van der Waals surface area contributed by atoms with E-state index in [1.807, 2.05) is 48.5 Å². The van der Waals surface area contributed by atoms with E-state index in [1.165, 1.54) is 23.1 Å². The molecule has 0 bridgehead atoms. The molecule has 2 atom stereocenters. The minimum atomic E-state index is -1.83. The van der Waals surface area contributed by atoms with Gasteiger partial charge in [0.25, 0.3) is 0 Å². The molecule has 8 heteroatoms. The van der Waals surface area contributed by atoms with Crippen molar-refractivity contribution in [3.63, 3.8) is 0 Å². The smallest absolute Gasteiger partial charge is 0.410 e. The van der Waals surface area contributed by atoms with E-state index in [0.29, 0.717) is 11.1 Å². The molecule has 0 saturated carbocycles. The highest BCUT2D eigenvalue weighted by atomic mass is 19.1. The number of ether oxygens (including phenoxy) is 1. The van der Waals surface area contributed by atoms with E-state index < -0.39 is 29.2 Å². The fourth-order valence-corrected chi connectivity index (χ4v) is 4.68. The Morgan fingerprint density at radius 3 is 2.53 bits per heavy atom. The predicted octanol–water partition coefficient (Wildman–Crippen LogP) is 3.89. The number of allylic oxidation sites excluding steroid dienone is 2.